The zero-order valence-corrected chi connectivity index (χ0v) is 9.51. The predicted molar refractivity (Wildman–Crippen MR) is 59.1 cm³/mol. The minimum absolute atomic E-state index is 0.445. The van der Waals surface area contributed by atoms with Gasteiger partial charge in [-0.05, 0) is 24.5 Å². The normalized spacial score (nSPS) is 24.9. The summed E-state index contributed by atoms with van der Waals surface area (Å²) in [5, 5.41) is 0. The summed E-state index contributed by atoms with van der Waals surface area (Å²) in [6.45, 7) is 6.35. The van der Waals surface area contributed by atoms with Gasteiger partial charge in [-0.25, -0.2) is 4.39 Å². The molecule has 2 heteroatoms. The molecule has 1 unspecified atom stereocenters. The van der Waals surface area contributed by atoms with E-state index in [-0.39, 0.29) is 0 Å². The molecule has 15 heavy (non-hydrogen) atoms. The first-order chi connectivity index (χ1) is 7.00. The third-order valence-electron chi connectivity index (χ3n) is 3.06. The zero-order valence-electron chi connectivity index (χ0n) is 9.51. The molecule has 0 aliphatic carbocycles. The summed E-state index contributed by atoms with van der Waals surface area (Å²) in [5.41, 5.74) is 0.660. The Hall–Kier alpha value is -1.05. The SMILES string of the molecule is CC(C)c1ccc2c(c1)OCCC2(C)F. The first-order valence-corrected chi connectivity index (χ1v) is 5.47. The fraction of sp³-hybridized carbons (Fsp3) is 0.538. The Morgan fingerprint density at radius 2 is 2.13 bits per heavy atom. The predicted octanol–water partition coefficient (Wildman–Crippen LogP) is 3.78. The van der Waals surface area contributed by atoms with Crippen LogP contribution in [-0.4, -0.2) is 6.61 Å². The van der Waals surface area contributed by atoms with Crippen molar-refractivity contribution in [2.45, 2.75) is 38.8 Å². The second kappa shape index (κ2) is 3.51. The molecular weight excluding hydrogens is 191 g/mol. The summed E-state index contributed by atoms with van der Waals surface area (Å²) in [4.78, 5) is 0. The van der Waals surface area contributed by atoms with E-state index in [9.17, 15) is 4.39 Å². The second-order valence-electron chi connectivity index (χ2n) is 4.71. The Kier molecular flexibility index (Phi) is 2.45. The Balaban J connectivity index is 2.45. The average Bonchev–Trinajstić information content (AvgIpc) is 2.16. The Labute approximate surface area is 90.3 Å². The smallest absolute Gasteiger partial charge is 0.140 e. The molecule has 82 valence electrons. The van der Waals surface area contributed by atoms with Gasteiger partial charge in [0.25, 0.3) is 0 Å². The molecule has 0 amide bonds. The minimum Gasteiger partial charge on any atom is -0.493 e. The summed E-state index contributed by atoms with van der Waals surface area (Å²) in [5.74, 6) is 1.17. The molecule has 0 fully saturated rings. The summed E-state index contributed by atoms with van der Waals surface area (Å²) in [6, 6.07) is 5.83. The number of ether oxygens (including phenoxy) is 1. The lowest BCUT2D eigenvalue weighted by Gasteiger charge is -2.29. The van der Waals surface area contributed by atoms with E-state index < -0.39 is 5.67 Å². The molecule has 1 nitrogen and oxygen atoms in total. The fourth-order valence-corrected chi connectivity index (χ4v) is 1.94. The number of hydrogen-bond acceptors (Lipinski definition) is 1. The first kappa shape index (κ1) is 10.5. The van der Waals surface area contributed by atoms with Gasteiger partial charge in [0.2, 0.25) is 0 Å². The third-order valence-corrected chi connectivity index (χ3v) is 3.06. The van der Waals surface area contributed by atoms with Crippen LogP contribution >= 0.6 is 0 Å². The Bertz CT molecular complexity index is 369. The lowest BCUT2D eigenvalue weighted by molar-refractivity contribution is 0.110. The van der Waals surface area contributed by atoms with E-state index in [4.69, 9.17) is 4.74 Å². The standard InChI is InChI=1S/C13H17FO/c1-9(2)10-4-5-11-12(8-10)15-7-6-13(11,3)14/h4-5,8-9H,6-7H2,1-3H3. The molecule has 0 radical (unpaired) electrons. The van der Waals surface area contributed by atoms with Crippen LogP contribution in [-0.2, 0) is 5.67 Å². The molecule has 0 saturated carbocycles. The van der Waals surface area contributed by atoms with Crippen LogP contribution in [0.1, 0.15) is 44.2 Å². The highest BCUT2D eigenvalue weighted by Crippen LogP contribution is 2.40. The quantitative estimate of drug-likeness (QED) is 0.682. The summed E-state index contributed by atoms with van der Waals surface area (Å²) < 4.78 is 19.6. The molecule has 0 aromatic heterocycles. The van der Waals surface area contributed by atoms with Crippen molar-refractivity contribution >= 4 is 0 Å². The van der Waals surface area contributed by atoms with Crippen LogP contribution in [0.5, 0.6) is 5.75 Å². The first-order valence-electron chi connectivity index (χ1n) is 5.47. The van der Waals surface area contributed by atoms with E-state index in [0.29, 0.717) is 24.5 Å². The van der Waals surface area contributed by atoms with Crippen molar-refractivity contribution in [3.8, 4) is 5.75 Å². The van der Waals surface area contributed by atoms with Gasteiger partial charge >= 0.3 is 0 Å². The van der Waals surface area contributed by atoms with Gasteiger partial charge in [-0.1, -0.05) is 26.0 Å². The van der Waals surface area contributed by atoms with Crippen LogP contribution in [0.3, 0.4) is 0 Å². The van der Waals surface area contributed by atoms with Crippen LogP contribution in [0.2, 0.25) is 0 Å². The van der Waals surface area contributed by atoms with Gasteiger partial charge in [0.05, 0.1) is 6.61 Å². The minimum atomic E-state index is -1.23. The van der Waals surface area contributed by atoms with Gasteiger partial charge in [0.15, 0.2) is 0 Å². The Morgan fingerprint density at radius 3 is 2.80 bits per heavy atom. The van der Waals surface area contributed by atoms with Crippen LogP contribution in [0.15, 0.2) is 18.2 Å². The van der Waals surface area contributed by atoms with Crippen molar-refractivity contribution in [2.24, 2.45) is 0 Å². The second-order valence-corrected chi connectivity index (χ2v) is 4.71. The van der Waals surface area contributed by atoms with Crippen molar-refractivity contribution in [3.63, 3.8) is 0 Å². The van der Waals surface area contributed by atoms with Gasteiger partial charge < -0.3 is 4.74 Å². The van der Waals surface area contributed by atoms with Crippen molar-refractivity contribution < 1.29 is 9.13 Å². The van der Waals surface area contributed by atoms with Gasteiger partial charge in [-0.2, -0.15) is 0 Å². The molecule has 1 heterocycles. The van der Waals surface area contributed by atoms with Gasteiger partial charge in [-0.3, -0.25) is 0 Å². The topological polar surface area (TPSA) is 9.23 Å². The van der Waals surface area contributed by atoms with Crippen LogP contribution in [0, 0.1) is 0 Å². The number of hydrogen-bond donors (Lipinski definition) is 0. The maximum Gasteiger partial charge on any atom is 0.140 e. The van der Waals surface area contributed by atoms with E-state index in [0.717, 1.165) is 5.75 Å². The monoisotopic (exact) mass is 208 g/mol. The Morgan fingerprint density at radius 1 is 1.40 bits per heavy atom. The molecule has 1 aromatic rings. The number of fused-ring (bicyclic) bond motifs is 1. The number of benzene rings is 1. The van der Waals surface area contributed by atoms with Crippen molar-refractivity contribution in [1.29, 1.82) is 0 Å². The summed E-state index contributed by atoms with van der Waals surface area (Å²) in [6.07, 6.45) is 0.445. The molecule has 2 rings (SSSR count). The number of halogens is 1. The highest BCUT2D eigenvalue weighted by atomic mass is 19.1. The molecule has 1 aliphatic heterocycles. The van der Waals surface area contributed by atoms with Gasteiger partial charge in [0.1, 0.15) is 11.4 Å². The molecular formula is C13H17FO. The molecule has 0 spiro atoms. The average molecular weight is 208 g/mol. The van der Waals surface area contributed by atoms with E-state index in [1.54, 1.807) is 6.92 Å². The lowest BCUT2D eigenvalue weighted by Crippen LogP contribution is -2.25. The number of rotatable bonds is 1. The highest BCUT2D eigenvalue weighted by Gasteiger charge is 2.33. The summed E-state index contributed by atoms with van der Waals surface area (Å²) >= 11 is 0. The van der Waals surface area contributed by atoms with E-state index in [1.807, 2.05) is 18.2 Å². The van der Waals surface area contributed by atoms with E-state index >= 15 is 0 Å². The van der Waals surface area contributed by atoms with Crippen molar-refractivity contribution in [2.75, 3.05) is 6.61 Å². The molecule has 1 atom stereocenters. The van der Waals surface area contributed by atoms with Crippen molar-refractivity contribution in [3.05, 3.63) is 29.3 Å². The number of alkyl halides is 1. The molecule has 0 bridgehead atoms. The van der Waals surface area contributed by atoms with Crippen LogP contribution in [0.4, 0.5) is 4.39 Å². The largest absolute Gasteiger partial charge is 0.493 e. The third kappa shape index (κ3) is 1.85. The van der Waals surface area contributed by atoms with Gasteiger partial charge in [0, 0.05) is 12.0 Å². The highest BCUT2D eigenvalue weighted by molar-refractivity contribution is 5.43. The molecule has 0 saturated heterocycles. The summed E-state index contributed by atoms with van der Waals surface area (Å²) in [7, 11) is 0. The van der Waals surface area contributed by atoms with Gasteiger partial charge in [-0.15, -0.1) is 0 Å². The molecule has 1 aromatic carbocycles. The van der Waals surface area contributed by atoms with Crippen LogP contribution < -0.4 is 4.74 Å². The lowest BCUT2D eigenvalue weighted by atomic mass is 9.89. The zero-order chi connectivity index (χ0) is 11.1. The van der Waals surface area contributed by atoms with Crippen LogP contribution in [0.25, 0.3) is 0 Å². The molecule has 1 aliphatic rings. The van der Waals surface area contributed by atoms with Crippen molar-refractivity contribution in [1.82, 2.24) is 0 Å². The maximum absolute atomic E-state index is 14.1. The van der Waals surface area contributed by atoms with E-state index in [2.05, 4.69) is 13.8 Å². The van der Waals surface area contributed by atoms with E-state index in [1.165, 1.54) is 5.56 Å². The maximum atomic E-state index is 14.1. The fourth-order valence-electron chi connectivity index (χ4n) is 1.94. The molecule has 0 N–H and O–H groups in total.